The number of nitrogens with one attached hydrogen (secondary N) is 1. The second-order valence-corrected chi connectivity index (χ2v) is 3.24. The fourth-order valence-corrected chi connectivity index (χ4v) is 1.23. The number of hydrogen-bond acceptors (Lipinski definition) is 5. The summed E-state index contributed by atoms with van der Waals surface area (Å²) in [5, 5.41) is 7.08. The molecule has 0 aliphatic heterocycles. The Kier molecular flexibility index (Phi) is 3.04. The summed E-state index contributed by atoms with van der Waals surface area (Å²) in [4.78, 5) is 11.3. The van der Waals surface area contributed by atoms with E-state index in [1.807, 2.05) is 7.05 Å². The highest BCUT2D eigenvalue weighted by molar-refractivity contribution is 5.31. The highest BCUT2D eigenvalue weighted by Gasteiger charge is 2.00. The van der Waals surface area contributed by atoms with Crippen LogP contribution in [0.2, 0.25) is 0 Å². The molecule has 1 N–H and O–H groups in total. The van der Waals surface area contributed by atoms with Crippen molar-refractivity contribution in [3.8, 4) is 0 Å². The van der Waals surface area contributed by atoms with Crippen molar-refractivity contribution in [2.45, 2.75) is 6.42 Å². The molecular formula is C9H11FN6. The maximum absolute atomic E-state index is 12.7. The van der Waals surface area contributed by atoms with E-state index >= 15 is 0 Å². The molecule has 0 fully saturated rings. The van der Waals surface area contributed by atoms with Gasteiger partial charge in [-0.3, -0.25) is 4.68 Å². The predicted molar refractivity (Wildman–Crippen MR) is 55.2 cm³/mol. The molecule has 0 atom stereocenters. The summed E-state index contributed by atoms with van der Waals surface area (Å²) in [6, 6.07) is 1.24. The van der Waals surface area contributed by atoms with E-state index in [1.165, 1.54) is 12.4 Å². The Morgan fingerprint density at radius 2 is 2.25 bits per heavy atom. The number of hydrogen-bond donors (Lipinski definition) is 1. The van der Waals surface area contributed by atoms with Crippen LogP contribution >= 0.6 is 0 Å². The molecular weight excluding hydrogens is 211 g/mol. The lowest BCUT2D eigenvalue weighted by Crippen LogP contribution is -2.08. The molecule has 0 amide bonds. The number of halogens is 1. The van der Waals surface area contributed by atoms with E-state index in [1.54, 1.807) is 11.0 Å². The summed E-state index contributed by atoms with van der Waals surface area (Å²) in [6.45, 7) is 0.598. The van der Waals surface area contributed by atoms with Gasteiger partial charge < -0.3 is 5.32 Å². The number of nitrogens with zero attached hydrogens (tertiary/aromatic N) is 5. The van der Waals surface area contributed by atoms with Gasteiger partial charge in [0.1, 0.15) is 18.5 Å². The Morgan fingerprint density at radius 3 is 2.94 bits per heavy atom. The number of anilines is 1. The molecule has 0 aliphatic rings. The average Bonchev–Trinajstić information content (AvgIpc) is 2.64. The zero-order chi connectivity index (χ0) is 11.4. The van der Waals surface area contributed by atoms with Crippen LogP contribution < -0.4 is 5.32 Å². The largest absolute Gasteiger partial charge is 0.369 e. The first-order valence-corrected chi connectivity index (χ1v) is 4.80. The molecule has 0 saturated carbocycles. The number of aryl methyl sites for hydroxylation is 1. The molecule has 0 saturated heterocycles. The molecule has 84 valence electrons. The molecule has 0 aromatic carbocycles. The Balaban J connectivity index is 1.84. The Morgan fingerprint density at radius 1 is 1.38 bits per heavy atom. The Bertz CT molecular complexity index is 469. The minimum Gasteiger partial charge on any atom is -0.369 e. The topological polar surface area (TPSA) is 68.5 Å². The van der Waals surface area contributed by atoms with E-state index in [2.05, 4.69) is 25.4 Å². The van der Waals surface area contributed by atoms with Gasteiger partial charge in [0.25, 0.3) is 0 Å². The SMILES string of the molecule is Cn1cnc(CCNc2cc(F)ncn2)n1. The molecule has 0 spiro atoms. The molecule has 0 aliphatic carbocycles. The molecule has 16 heavy (non-hydrogen) atoms. The van der Waals surface area contributed by atoms with Gasteiger partial charge in [-0.25, -0.2) is 15.0 Å². The summed E-state index contributed by atoms with van der Waals surface area (Å²) >= 11 is 0. The fourth-order valence-electron chi connectivity index (χ4n) is 1.23. The van der Waals surface area contributed by atoms with Gasteiger partial charge in [-0.15, -0.1) is 0 Å². The third kappa shape index (κ3) is 2.72. The zero-order valence-corrected chi connectivity index (χ0v) is 8.76. The first-order valence-electron chi connectivity index (χ1n) is 4.80. The number of aromatic nitrogens is 5. The predicted octanol–water partition coefficient (Wildman–Crippen LogP) is 0.399. The van der Waals surface area contributed by atoms with E-state index in [4.69, 9.17) is 0 Å². The molecule has 7 heteroatoms. The molecule has 2 aromatic heterocycles. The highest BCUT2D eigenvalue weighted by atomic mass is 19.1. The third-order valence-corrected chi connectivity index (χ3v) is 1.94. The molecule has 2 heterocycles. The van der Waals surface area contributed by atoms with Crippen molar-refractivity contribution in [1.82, 2.24) is 24.7 Å². The van der Waals surface area contributed by atoms with Crippen LogP contribution in [0.4, 0.5) is 10.2 Å². The third-order valence-electron chi connectivity index (χ3n) is 1.94. The van der Waals surface area contributed by atoms with E-state index < -0.39 is 5.95 Å². The minimum atomic E-state index is -0.548. The van der Waals surface area contributed by atoms with Gasteiger partial charge in [-0.2, -0.15) is 9.49 Å². The highest BCUT2D eigenvalue weighted by Crippen LogP contribution is 2.02. The van der Waals surface area contributed by atoms with E-state index in [0.717, 1.165) is 5.82 Å². The van der Waals surface area contributed by atoms with Gasteiger partial charge in [-0.1, -0.05) is 0 Å². The average molecular weight is 222 g/mol. The van der Waals surface area contributed by atoms with Crippen LogP contribution in [0.3, 0.4) is 0 Å². The van der Waals surface area contributed by atoms with E-state index in [0.29, 0.717) is 18.8 Å². The molecule has 0 radical (unpaired) electrons. The van der Waals surface area contributed by atoms with Crippen molar-refractivity contribution in [3.63, 3.8) is 0 Å². The molecule has 6 nitrogen and oxygen atoms in total. The van der Waals surface area contributed by atoms with Crippen LogP contribution in [0.5, 0.6) is 0 Å². The van der Waals surface area contributed by atoms with Gasteiger partial charge >= 0.3 is 0 Å². The summed E-state index contributed by atoms with van der Waals surface area (Å²) in [6.07, 6.45) is 3.48. The second-order valence-electron chi connectivity index (χ2n) is 3.24. The summed E-state index contributed by atoms with van der Waals surface area (Å²) < 4.78 is 14.3. The van der Waals surface area contributed by atoms with Crippen LogP contribution in [0.15, 0.2) is 18.7 Å². The van der Waals surface area contributed by atoms with Crippen LogP contribution in [-0.2, 0) is 13.5 Å². The van der Waals surface area contributed by atoms with Crippen molar-refractivity contribution >= 4 is 5.82 Å². The van der Waals surface area contributed by atoms with Gasteiger partial charge in [0.2, 0.25) is 5.95 Å². The van der Waals surface area contributed by atoms with Crippen molar-refractivity contribution in [2.24, 2.45) is 7.05 Å². The summed E-state index contributed by atoms with van der Waals surface area (Å²) in [5.74, 6) is 0.654. The number of rotatable bonds is 4. The lowest BCUT2D eigenvalue weighted by atomic mass is 10.4. The van der Waals surface area contributed by atoms with Crippen molar-refractivity contribution in [1.29, 1.82) is 0 Å². The Hall–Kier alpha value is -2.05. The first kappa shape index (κ1) is 10.5. The van der Waals surface area contributed by atoms with Gasteiger partial charge in [0.05, 0.1) is 0 Å². The normalized spacial score (nSPS) is 10.4. The van der Waals surface area contributed by atoms with Crippen LogP contribution in [0.25, 0.3) is 0 Å². The molecule has 2 rings (SSSR count). The van der Waals surface area contributed by atoms with E-state index in [9.17, 15) is 4.39 Å². The van der Waals surface area contributed by atoms with Crippen LogP contribution in [0.1, 0.15) is 5.82 Å². The quantitative estimate of drug-likeness (QED) is 0.758. The lowest BCUT2D eigenvalue weighted by molar-refractivity contribution is 0.580. The van der Waals surface area contributed by atoms with E-state index in [-0.39, 0.29) is 0 Å². The lowest BCUT2D eigenvalue weighted by Gasteiger charge is -2.02. The second kappa shape index (κ2) is 4.65. The molecule has 2 aromatic rings. The monoisotopic (exact) mass is 222 g/mol. The smallest absolute Gasteiger partial charge is 0.217 e. The summed E-state index contributed by atoms with van der Waals surface area (Å²) in [5.41, 5.74) is 0. The fraction of sp³-hybridized carbons (Fsp3) is 0.333. The molecule has 0 bridgehead atoms. The van der Waals surface area contributed by atoms with Crippen molar-refractivity contribution in [2.75, 3.05) is 11.9 Å². The minimum absolute atomic E-state index is 0.462. The molecule has 0 unspecified atom stereocenters. The van der Waals surface area contributed by atoms with Gasteiger partial charge in [0, 0.05) is 26.1 Å². The van der Waals surface area contributed by atoms with Crippen molar-refractivity contribution < 1.29 is 4.39 Å². The standard InChI is InChI=1S/C9H11FN6/c1-16-6-14-8(15-16)2-3-11-9-4-7(10)12-5-13-9/h4-6H,2-3H2,1H3,(H,11,12,13). The zero-order valence-electron chi connectivity index (χ0n) is 8.76. The maximum atomic E-state index is 12.7. The first-order chi connectivity index (χ1) is 7.74. The Labute approximate surface area is 91.6 Å². The summed E-state index contributed by atoms with van der Waals surface area (Å²) in [7, 11) is 1.81. The van der Waals surface area contributed by atoms with Gasteiger partial charge in [-0.05, 0) is 0 Å². The van der Waals surface area contributed by atoms with Crippen molar-refractivity contribution in [3.05, 3.63) is 30.5 Å². The maximum Gasteiger partial charge on any atom is 0.217 e. The van der Waals surface area contributed by atoms with Crippen LogP contribution in [-0.4, -0.2) is 31.3 Å². The van der Waals surface area contributed by atoms with Gasteiger partial charge in [0.15, 0.2) is 5.82 Å². The van der Waals surface area contributed by atoms with Crippen LogP contribution in [0, 0.1) is 5.95 Å².